The third-order valence-electron chi connectivity index (χ3n) is 4.69. The average molecular weight is 381 g/mol. The van der Waals surface area contributed by atoms with E-state index in [0.717, 1.165) is 19.3 Å². The Balaban J connectivity index is 3.57. The molecular formula is C23H40O4. The Morgan fingerprint density at radius 2 is 1.48 bits per heavy atom. The van der Waals surface area contributed by atoms with Crippen LogP contribution >= 0.6 is 0 Å². The molecule has 27 heavy (non-hydrogen) atoms. The lowest BCUT2D eigenvalue weighted by Gasteiger charge is -2.11. The van der Waals surface area contributed by atoms with Gasteiger partial charge in [-0.3, -0.25) is 9.59 Å². The van der Waals surface area contributed by atoms with Crippen molar-refractivity contribution >= 4 is 11.9 Å². The molecule has 1 atom stereocenters. The largest absolute Gasteiger partial charge is 0.481 e. The van der Waals surface area contributed by atoms with Crippen molar-refractivity contribution in [3.8, 4) is 0 Å². The van der Waals surface area contributed by atoms with E-state index in [9.17, 15) is 14.7 Å². The van der Waals surface area contributed by atoms with Crippen LogP contribution in [0.1, 0.15) is 96.8 Å². The van der Waals surface area contributed by atoms with Crippen molar-refractivity contribution in [2.24, 2.45) is 5.92 Å². The lowest BCUT2D eigenvalue weighted by Crippen LogP contribution is -2.19. The van der Waals surface area contributed by atoms with Gasteiger partial charge in [-0.15, -0.1) is 0 Å². The number of carboxylic acids is 1. The Morgan fingerprint density at radius 1 is 0.926 bits per heavy atom. The lowest BCUT2D eigenvalue weighted by atomic mass is 9.97. The Hall–Kier alpha value is -1.58. The number of allylic oxidation sites excluding steroid dienone is 2. The Bertz CT molecular complexity index is 415. The SMILES string of the molecule is C=CCOC(=O)CC(CCCCCCCC/C=C/CCCCCC)C(=O)O. The molecule has 0 radical (unpaired) electrons. The van der Waals surface area contributed by atoms with Gasteiger partial charge in [0.25, 0.3) is 0 Å². The molecule has 0 aliphatic rings. The molecule has 156 valence electrons. The lowest BCUT2D eigenvalue weighted by molar-refractivity contribution is -0.151. The molecule has 4 heteroatoms. The summed E-state index contributed by atoms with van der Waals surface area (Å²) in [5.41, 5.74) is 0. The second-order valence-electron chi connectivity index (χ2n) is 7.23. The monoisotopic (exact) mass is 380 g/mol. The predicted octanol–water partition coefficient (Wildman–Crippen LogP) is 6.45. The molecule has 0 aromatic heterocycles. The quantitative estimate of drug-likeness (QED) is 0.159. The first-order valence-corrected chi connectivity index (χ1v) is 10.8. The fourth-order valence-corrected chi connectivity index (χ4v) is 3.01. The molecule has 0 fully saturated rings. The minimum absolute atomic E-state index is 0.0477. The van der Waals surface area contributed by atoms with Crippen molar-refractivity contribution in [3.05, 3.63) is 24.8 Å². The Morgan fingerprint density at radius 3 is 2.04 bits per heavy atom. The number of hydrogen-bond acceptors (Lipinski definition) is 3. The van der Waals surface area contributed by atoms with Gasteiger partial charge in [-0.2, -0.15) is 0 Å². The standard InChI is InChI=1S/C23H40O4/c1-3-5-6-7-8-9-10-11-12-13-14-15-16-17-18-21(23(25)26)20-22(24)27-19-4-2/h4,9-10,21H,2-3,5-8,11-20H2,1H3,(H,25,26)/b10-9+. The van der Waals surface area contributed by atoms with E-state index in [0.29, 0.717) is 6.42 Å². The van der Waals surface area contributed by atoms with E-state index < -0.39 is 17.9 Å². The van der Waals surface area contributed by atoms with Gasteiger partial charge in [0.15, 0.2) is 0 Å². The molecule has 0 aliphatic heterocycles. The summed E-state index contributed by atoms with van der Waals surface area (Å²) in [6.07, 6.45) is 21.0. The molecule has 1 N–H and O–H groups in total. The van der Waals surface area contributed by atoms with Gasteiger partial charge >= 0.3 is 11.9 Å². The second kappa shape index (κ2) is 19.2. The molecule has 0 aromatic carbocycles. The number of esters is 1. The van der Waals surface area contributed by atoms with Crippen LogP contribution in [-0.4, -0.2) is 23.7 Å². The van der Waals surface area contributed by atoms with E-state index in [1.807, 2.05) is 0 Å². The number of carbonyl (C=O) groups excluding carboxylic acids is 1. The summed E-state index contributed by atoms with van der Waals surface area (Å²) in [6.45, 7) is 5.85. The molecule has 0 aromatic rings. The summed E-state index contributed by atoms with van der Waals surface area (Å²) in [6, 6.07) is 0. The third-order valence-corrected chi connectivity index (χ3v) is 4.69. The number of carboxylic acid groups (broad SMARTS) is 1. The van der Waals surface area contributed by atoms with Crippen LogP contribution in [0, 0.1) is 5.92 Å². The zero-order valence-corrected chi connectivity index (χ0v) is 17.3. The van der Waals surface area contributed by atoms with E-state index in [1.54, 1.807) is 0 Å². The van der Waals surface area contributed by atoms with Gasteiger partial charge in [0.05, 0.1) is 12.3 Å². The molecule has 0 heterocycles. The van der Waals surface area contributed by atoms with Crippen molar-refractivity contribution in [1.29, 1.82) is 0 Å². The molecule has 4 nitrogen and oxygen atoms in total. The molecule has 0 saturated heterocycles. The zero-order valence-electron chi connectivity index (χ0n) is 17.3. The molecular weight excluding hydrogens is 340 g/mol. The summed E-state index contributed by atoms with van der Waals surface area (Å²) in [5.74, 6) is -2.00. The van der Waals surface area contributed by atoms with E-state index >= 15 is 0 Å². The smallest absolute Gasteiger partial charge is 0.307 e. The van der Waals surface area contributed by atoms with Crippen LogP contribution in [-0.2, 0) is 14.3 Å². The molecule has 1 unspecified atom stereocenters. The fraction of sp³-hybridized carbons (Fsp3) is 0.739. The van der Waals surface area contributed by atoms with E-state index in [4.69, 9.17) is 4.74 Å². The fourth-order valence-electron chi connectivity index (χ4n) is 3.01. The Labute approximate surface area is 166 Å². The van der Waals surface area contributed by atoms with Crippen molar-refractivity contribution in [3.63, 3.8) is 0 Å². The summed E-state index contributed by atoms with van der Waals surface area (Å²) >= 11 is 0. The molecule has 0 spiro atoms. The van der Waals surface area contributed by atoms with Gasteiger partial charge in [-0.05, 0) is 32.1 Å². The topological polar surface area (TPSA) is 63.6 Å². The number of ether oxygens (including phenoxy) is 1. The van der Waals surface area contributed by atoms with Gasteiger partial charge in [0.1, 0.15) is 6.61 Å². The minimum Gasteiger partial charge on any atom is -0.481 e. The second-order valence-corrected chi connectivity index (χ2v) is 7.23. The van der Waals surface area contributed by atoms with E-state index in [1.165, 1.54) is 63.9 Å². The summed E-state index contributed by atoms with van der Waals surface area (Å²) in [4.78, 5) is 22.8. The van der Waals surface area contributed by atoms with Gasteiger partial charge in [0, 0.05) is 0 Å². The van der Waals surface area contributed by atoms with Crippen LogP contribution in [0.5, 0.6) is 0 Å². The summed E-state index contributed by atoms with van der Waals surface area (Å²) in [5, 5.41) is 9.22. The van der Waals surface area contributed by atoms with Crippen LogP contribution < -0.4 is 0 Å². The maximum Gasteiger partial charge on any atom is 0.307 e. The van der Waals surface area contributed by atoms with Gasteiger partial charge in [-0.1, -0.05) is 83.1 Å². The number of carbonyl (C=O) groups is 2. The maximum atomic E-state index is 11.5. The normalized spacial score (nSPS) is 12.2. The molecule has 0 saturated carbocycles. The van der Waals surface area contributed by atoms with Gasteiger partial charge in [-0.25, -0.2) is 0 Å². The first-order valence-electron chi connectivity index (χ1n) is 10.8. The highest BCUT2D eigenvalue weighted by molar-refractivity contribution is 5.78. The van der Waals surface area contributed by atoms with Gasteiger partial charge in [0.2, 0.25) is 0 Å². The zero-order chi connectivity index (χ0) is 20.2. The van der Waals surface area contributed by atoms with E-state index in [-0.39, 0.29) is 13.0 Å². The van der Waals surface area contributed by atoms with Crippen LogP contribution in [0.25, 0.3) is 0 Å². The van der Waals surface area contributed by atoms with Gasteiger partial charge < -0.3 is 9.84 Å². The Kier molecular flexibility index (Phi) is 18.1. The molecule has 0 aliphatic carbocycles. The van der Waals surface area contributed by atoms with Crippen molar-refractivity contribution in [2.45, 2.75) is 96.8 Å². The number of hydrogen-bond donors (Lipinski definition) is 1. The minimum atomic E-state index is -0.910. The van der Waals surface area contributed by atoms with Crippen molar-refractivity contribution in [1.82, 2.24) is 0 Å². The van der Waals surface area contributed by atoms with Crippen LogP contribution in [0.2, 0.25) is 0 Å². The number of aliphatic carboxylic acids is 1. The molecule has 0 amide bonds. The first kappa shape index (κ1) is 25.4. The maximum absolute atomic E-state index is 11.5. The summed E-state index contributed by atoms with van der Waals surface area (Å²) in [7, 11) is 0. The highest BCUT2D eigenvalue weighted by atomic mass is 16.5. The number of rotatable bonds is 19. The molecule has 0 rings (SSSR count). The van der Waals surface area contributed by atoms with E-state index in [2.05, 4.69) is 25.7 Å². The van der Waals surface area contributed by atoms with Crippen LogP contribution in [0.15, 0.2) is 24.8 Å². The van der Waals surface area contributed by atoms with Crippen LogP contribution in [0.4, 0.5) is 0 Å². The highest BCUT2D eigenvalue weighted by Gasteiger charge is 2.21. The van der Waals surface area contributed by atoms with Crippen LogP contribution in [0.3, 0.4) is 0 Å². The van der Waals surface area contributed by atoms with Crippen molar-refractivity contribution < 1.29 is 19.4 Å². The number of unbranched alkanes of at least 4 members (excludes halogenated alkanes) is 10. The van der Waals surface area contributed by atoms with Crippen molar-refractivity contribution in [2.75, 3.05) is 6.61 Å². The molecule has 0 bridgehead atoms. The average Bonchev–Trinajstić information content (AvgIpc) is 2.65. The summed E-state index contributed by atoms with van der Waals surface area (Å²) < 4.78 is 4.87. The highest BCUT2D eigenvalue weighted by Crippen LogP contribution is 2.17. The first-order chi connectivity index (χ1) is 13.1. The predicted molar refractivity (Wildman–Crippen MR) is 112 cm³/mol. The third kappa shape index (κ3) is 17.6.